The highest BCUT2D eigenvalue weighted by molar-refractivity contribution is 5.07. The van der Waals surface area contributed by atoms with E-state index in [1.807, 2.05) is 0 Å². The van der Waals surface area contributed by atoms with Crippen LogP contribution in [-0.4, -0.2) is 5.54 Å². The van der Waals surface area contributed by atoms with Crippen LogP contribution in [-0.2, 0) is 0 Å². The predicted molar refractivity (Wildman–Crippen MR) is 77.1 cm³/mol. The van der Waals surface area contributed by atoms with Gasteiger partial charge < -0.3 is 5.32 Å². The SMILES string of the molecule is CCCCCC[CH]NC12CC3CC(CC(C3)C1)C2. The molecular weight excluding hydrogens is 218 g/mol. The van der Waals surface area contributed by atoms with Crippen molar-refractivity contribution in [3.8, 4) is 0 Å². The summed E-state index contributed by atoms with van der Waals surface area (Å²) in [6.07, 6.45) is 15.9. The molecule has 0 aromatic rings. The van der Waals surface area contributed by atoms with Gasteiger partial charge in [-0.2, -0.15) is 0 Å². The van der Waals surface area contributed by atoms with E-state index >= 15 is 0 Å². The second kappa shape index (κ2) is 5.53. The number of nitrogens with one attached hydrogen (secondary N) is 1. The van der Waals surface area contributed by atoms with Crippen LogP contribution in [0.5, 0.6) is 0 Å². The smallest absolute Gasteiger partial charge is 0.0226 e. The summed E-state index contributed by atoms with van der Waals surface area (Å²) in [5.74, 6) is 3.20. The van der Waals surface area contributed by atoms with Crippen LogP contribution in [0.2, 0.25) is 0 Å². The van der Waals surface area contributed by atoms with Crippen LogP contribution < -0.4 is 5.32 Å². The predicted octanol–water partition coefficient (Wildman–Crippen LogP) is 4.68. The molecule has 0 aromatic carbocycles. The van der Waals surface area contributed by atoms with Gasteiger partial charge in [0.15, 0.2) is 0 Å². The van der Waals surface area contributed by atoms with Crippen molar-refractivity contribution in [3.63, 3.8) is 0 Å². The average Bonchev–Trinajstić information content (AvgIpc) is 2.32. The average molecular weight is 248 g/mol. The zero-order chi connectivity index (χ0) is 12.4. The topological polar surface area (TPSA) is 12.0 Å². The lowest BCUT2D eigenvalue weighted by Gasteiger charge is -2.57. The molecule has 103 valence electrons. The Morgan fingerprint density at radius 2 is 1.56 bits per heavy atom. The van der Waals surface area contributed by atoms with Crippen molar-refractivity contribution < 1.29 is 0 Å². The minimum atomic E-state index is 0.541. The normalized spacial score (nSPS) is 41.5. The van der Waals surface area contributed by atoms with E-state index in [4.69, 9.17) is 0 Å². The molecule has 0 atom stereocenters. The second-order valence-electron chi connectivity index (χ2n) is 7.40. The van der Waals surface area contributed by atoms with Crippen molar-refractivity contribution in [3.05, 3.63) is 6.54 Å². The fourth-order valence-corrected chi connectivity index (χ4v) is 5.25. The monoisotopic (exact) mass is 248 g/mol. The summed E-state index contributed by atoms with van der Waals surface area (Å²) >= 11 is 0. The molecular formula is C17H30N. The standard InChI is InChI=1S/C17H30N/c1-2-3-4-5-6-7-18-17-11-14-8-15(12-17)10-16(9-14)13-17/h7,14-16,18H,2-6,8-13H2,1H3. The number of rotatable bonds is 7. The number of hydrogen-bond donors (Lipinski definition) is 1. The van der Waals surface area contributed by atoms with Gasteiger partial charge in [-0.25, -0.2) is 0 Å². The third kappa shape index (κ3) is 2.76. The Bertz CT molecular complexity index is 235. The lowest BCUT2D eigenvalue weighted by molar-refractivity contribution is -0.0158. The maximum Gasteiger partial charge on any atom is 0.0226 e. The first kappa shape index (κ1) is 13.0. The molecule has 4 fully saturated rings. The van der Waals surface area contributed by atoms with Gasteiger partial charge in [0.1, 0.15) is 0 Å². The Morgan fingerprint density at radius 1 is 0.944 bits per heavy atom. The van der Waals surface area contributed by atoms with Gasteiger partial charge in [-0.15, -0.1) is 0 Å². The van der Waals surface area contributed by atoms with Crippen molar-refractivity contribution >= 4 is 0 Å². The van der Waals surface area contributed by atoms with E-state index in [-0.39, 0.29) is 0 Å². The van der Waals surface area contributed by atoms with Crippen molar-refractivity contribution in [1.82, 2.24) is 5.32 Å². The van der Waals surface area contributed by atoms with Gasteiger partial charge in [0.2, 0.25) is 0 Å². The minimum Gasteiger partial charge on any atom is -0.307 e. The summed E-state index contributed by atoms with van der Waals surface area (Å²) in [6, 6.07) is 0. The van der Waals surface area contributed by atoms with Crippen LogP contribution in [0.25, 0.3) is 0 Å². The van der Waals surface area contributed by atoms with Gasteiger partial charge in [-0.1, -0.05) is 32.6 Å². The lowest BCUT2D eigenvalue weighted by Crippen LogP contribution is -2.57. The maximum absolute atomic E-state index is 3.88. The van der Waals surface area contributed by atoms with E-state index in [0.29, 0.717) is 5.54 Å². The lowest BCUT2D eigenvalue weighted by atomic mass is 9.53. The van der Waals surface area contributed by atoms with Crippen LogP contribution in [0.1, 0.15) is 77.6 Å². The molecule has 1 N–H and O–H groups in total. The minimum absolute atomic E-state index is 0.541. The van der Waals surface area contributed by atoms with Gasteiger partial charge >= 0.3 is 0 Å². The molecule has 4 aliphatic rings. The highest BCUT2D eigenvalue weighted by atomic mass is 15.0. The van der Waals surface area contributed by atoms with E-state index in [9.17, 15) is 0 Å². The first-order valence-corrected chi connectivity index (χ1v) is 8.39. The highest BCUT2D eigenvalue weighted by Crippen LogP contribution is 2.55. The molecule has 0 unspecified atom stereocenters. The molecule has 1 heteroatoms. The van der Waals surface area contributed by atoms with Gasteiger partial charge in [0.05, 0.1) is 0 Å². The number of hydrogen-bond acceptors (Lipinski definition) is 1. The first-order chi connectivity index (χ1) is 8.80. The van der Waals surface area contributed by atoms with E-state index in [0.717, 1.165) is 17.8 Å². The van der Waals surface area contributed by atoms with Crippen LogP contribution >= 0.6 is 0 Å². The summed E-state index contributed by atoms with van der Waals surface area (Å²) < 4.78 is 0. The fourth-order valence-electron chi connectivity index (χ4n) is 5.25. The highest BCUT2D eigenvalue weighted by Gasteiger charge is 2.50. The fraction of sp³-hybridized carbons (Fsp3) is 0.941. The van der Waals surface area contributed by atoms with Gasteiger partial charge in [0, 0.05) is 12.1 Å². The quantitative estimate of drug-likeness (QED) is 0.645. The summed E-state index contributed by atoms with van der Waals surface area (Å²) in [5, 5.41) is 3.88. The Morgan fingerprint density at radius 3 is 2.11 bits per heavy atom. The molecule has 4 bridgehead atoms. The molecule has 0 saturated heterocycles. The van der Waals surface area contributed by atoms with Crippen LogP contribution in [0.3, 0.4) is 0 Å². The van der Waals surface area contributed by atoms with E-state index in [1.54, 1.807) is 19.3 Å². The van der Waals surface area contributed by atoms with Crippen molar-refractivity contribution in [1.29, 1.82) is 0 Å². The molecule has 0 aromatic heterocycles. The second-order valence-corrected chi connectivity index (χ2v) is 7.40. The van der Waals surface area contributed by atoms with Gasteiger partial charge in [0.25, 0.3) is 0 Å². The summed E-state index contributed by atoms with van der Waals surface area (Å²) in [5.41, 5.74) is 0.541. The Kier molecular flexibility index (Phi) is 3.98. The maximum atomic E-state index is 3.88. The van der Waals surface area contributed by atoms with Gasteiger partial charge in [-0.05, 0) is 62.7 Å². The molecule has 0 aliphatic heterocycles. The molecule has 4 rings (SSSR count). The Balaban J connectivity index is 1.42. The van der Waals surface area contributed by atoms with Crippen LogP contribution in [0.15, 0.2) is 0 Å². The summed E-state index contributed by atoms with van der Waals surface area (Å²) in [7, 11) is 0. The third-order valence-electron chi connectivity index (χ3n) is 5.65. The molecule has 4 saturated carbocycles. The van der Waals surface area contributed by atoms with E-state index in [2.05, 4.69) is 18.8 Å². The molecule has 18 heavy (non-hydrogen) atoms. The Labute approximate surface area is 113 Å². The Hall–Kier alpha value is -0.0400. The van der Waals surface area contributed by atoms with Crippen LogP contribution in [0, 0.1) is 24.3 Å². The molecule has 0 amide bonds. The zero-order valence-electron chi connectivity index (χ0n) is 12.1. The molecule has 1 radical (unpaired) electrons. The molecule has 4 aliphatic carbocycles. The van der Waals surface area contributed by atoms with Crippen LogP contribution in [0.4, 0.5) is 0 Å². The van der Waals surface area contributed by atoms with Gasteiger partial charge in [-0.3, -0.25) is 0 Å². The molecule has 0 heterocycles. The number of unbranched alkanes of at least 4 members (excludes halogenated alkanes) is 4. The zero-order valence-corrected chi connectivity index (χ0v) is 12.1. The molecule has 1 nitrogen and oxygen atoms in total. The largest absolute Gasteiger partial charge is 0.307 e. The summed E-state index contributed by atoms with van der Waals surface area (Å²) in [4.78, 5) is 0. The van der Waals surface area contributed by atoms with E-state index < -0.39 is 0 Å². The van der Waals surface area contributed by atoms with Crippen molar-refractivity contribution in [2.24, 2.45) is 17.8 Å². The molecule has 0 spiro atoms. The van der Waals surface area contributed by atoms with Crippen molar-refractivity contribution in [2.75, 3.05) is 0 Å². The first-order valence-electron chi connectivity index (χ1n) is 8.39. The van der Waals surface area contributed by atoms with Crippen molar-refractivity contribution in [2.45, 2.75) is 83.1 Å². The third-order valence-corrected chi connectivity index (χ3v) is 5.65. The van der Waals surface area contributed by atoms with E-state index in [1.165, 1.54) is 51.4 Å². The summed E-state index contributed by atoms with van der Waals surface area (Å²) in [6.45, 7) is 4.71.